The molecule has 0 aromatic rings. The number of hydrogen-bond acceptors (Lipinski definition) is 3. The molecule has 0 spiro atoms. The van der Waals surface area contributed by atoms with Gasteiger partial charge in [-0.2, -0.15) is 0 Å². The molecule has 13 heavy (non-hydrogen) atoms. The van der Waals surface area contributed by atoms with Gasteiger partial charge in [0.2, 0.25) is 0 Å². The number of β-amino-alcohol motifs (C(OH)–C–C–N with tert-alkyl or cyclic N) is 1. The first-order valence-electron chi connectivity index (χ1n) is 5.36. The van der Waals surface area contributed by atoms with Gasteiger partial charge in [-0.1, -0.05) is 6.92 Å². The predicted octanol–water partition coefficient (Wildman–Crippen LogP) is 0.441. The number of aliphatic hydroxyl groups excluding tert-OH is 1. The summed E-state index contributed by atoms with van der Waals surface area (Å²) in [4.78, 5) is 2.35. The second-order valence-electron chi connectivity index (χ2n) is 3.98. The minimum Gasteiger partial charge on any atom is -0.392 e. The summed E-state index contributed by atoms with van der Waals surface area (Å²) in [6.07, 6.45) is 2.26. The van der Waals surface area contributed by atoms with Gasteiger partial charge in [-0.05, 0) is 39.4 Å². The van der Waals surface area contributed by atoms with Crippen molar-refractivity contribution >= 4 is 0 Å². The van der Waals surface area contributed by atoms with E-state index in [-0.39, 0.29) is 6.10 Å². The van der Waals surface area contributed by atoms with Crippen molar-refractivity contribution in [1.82, 2.24) is 10.2 Å². The van der Waals surface area contributed by atoms with E-state index in [2.05, 4.69) is 17.1 Å². The third kappa shape index (κ3) is 4.07. The number of rotatable bonds is 4. The first-order valence-corrected chi connectivity index (χ1v) is 5.36. The second-order valence-corrected chi connectivity index (χ2v) is 3.98. The maximum atomic E-state index is 9.22. The molecule has 3 nitrogen and oxygen atoms in total. The molecule has 0 aromatic heterocycles. The van der Waals surface area contributed by atoms with Gasteiger partial charge in [0.1, 0.15) is 0 Å². The summed E-state index contributed by atoms with van der Waals surface area (Å²) in [6.45, 7) is 8.17. The highest BCUT2D eigenvalue weighted by molar-refractivity contribution is 4.77. The van der Waals surface area contributed by atoms with Gasteiger partial charge in [0, 0.05) is 12.6 Å². The van der Waals surface area contributed by atoms with Gasteiger partial charge in [-0.3, -0.25) is 0 Å². The van der Waals surface area contributed by atoms with E-state index in [9.17, 15) is 5.11 Å². The van der Waals surface area contributed by atoms with Crippen molar-refractivity contribution in [2.45, 2.75) is 38.8 Å². The zero-order chi connectivity index (χ0) is 9.68. The average Bonchev–Trinajstić information content (AvgIpc) is 2.08. The van der Waals surface area contributed by atoms with Crippen molar-refractivity contribution in [3.63, 3.8) is 0 Å². The van der Waals surface area contributed by atoms with Crippen molar-refractivity contribution < 1.29 is 5.11 Å². The third-order valence-corrected chi connectivity index (χ3v) is 2.60. The fourth-order valence-corrected chi connectivity index (χ4v) is 1.98. The topological polar surface area (TPSA) is 35.5 Å². The molecule has 78 valence electrons. The van der Waals surface area contributed by atoms with Gasteiger partial charge < -0.3 is 15.3 Å². The minimum atomic E-state index is -0.185. The van der Waals surface area contributed by atoms with E-state index in [4.69, 9.17) is 0 Å². The molecule has 1 rings (SSSR count). The molecule has 2 N–H and O–H groups in total. The second kappa shape index (κ2) is 5.58. The molecule has 0 aliphatic carbocycles. The lowest BCUT2D eigenvalue weighted by atomic mass is 10.0. The first kappa shape index (κ1) is 11.0. The third-order valence-electron chi connectivity index (χ3n) is 2.60. The molecule has 0 saturated carbocycles. The molecular weight excluding hydrogens is 164 g/mol. The van der Waals surface area contributed by atoms with Crippen molar-refractivity contribution in [3.05, 3.63) is 0 Å². The Bertz CT molecular complexity index is 131. The summed E-state index contributed by atoms with van der Waals surface area (Å²) < 4.78 is 0. The zero-order valence-corrected chi connectivity index (χ0v) is 8.79. The lowest BCUT2D eigenvalue weighted by Crippen LogP contribution is -2.44. The number of nitrogens with zero attached hydrogens (tertiary/aromatic N) is 1. The summed E-state index contributed by atoms with van der Waals surface area (Å²) >= 11 is 0. The highest BCUT2D eigenvalue weighted by atomic mass is 16.3. The van der Waals surface area contributed by atoms with Gasteiger partial charge in [0.15, 0.2) is 0 Å². The molecule has 3 heteroatoms. The van der Waals surface area contributed by atoms with Crippen LogP contribution in [-0.2, 0) is 0 Å². The van der Waals surface area contributed by atoms with Crippen LogP contribution in [0.3, 0.4) is 0 Å². The van der Waals surface area contributed by atoms with E-state index in [0.29, 0.717) is 6.04 Å². The summed E-state index contributed by atoms with van der Waals surface area (Å²) in [7, 11) is 0. The number of piperidine rings is 1. The van der Waals surface area contributed by atoms with Crippen LogP contribution in [0.2, 0.25) is 0 Å². The van der Waals surface area contributed by atoms with Gasteiger partial charge >= 0.3 is 0 Å². The molecule has 0 radical (unpaired) electrons. The minimum absolute atomic E-state index is 0.185. The number of hydrogen-bond donors (Lipinski definition) is 2. The van der Waals surface area contributed by atoms with Crippen molar-refractivity contribution in [2.75, 3.05) is 26.2 Å². The van der Waals surface area contributed by atoms with Crippen LogP contribution in [0.15, 0.2) is 0 Å². The molecule has 1 unspecified atom stereocenters. The van der Waals surface area contributed by atoms with E-state index >= 15 is 0 Å². The Hall–Kier alpha value is -0.120. The highest BCUT2D eigenvalue weighted by Gasteiger charge is 2.18. The summed E-state index contributed by atoms with van der Waals surface area (Å²) in [6, 6.07) is 0.704. The first-order chi connectivity index (χ1) is 6.22. The lowest BCUT2D eigenvalue weighted by molar-refractivity contribution is 0.106. The van der Waals surface area contributed by atoms with E-state index < -0.39 is 0 Å². The fourth-order valence-electron chi connectivity index (χ4n) is 1.98. The molecule has 1 fully saturated rings. The number of aliphatic hydroxyl groups is 1. The monoisotopic (exact) mass is 186 g/mol. The molecule has 1 heterocycles. The molecule has 0 aromatic carbocycles. The molecule has 1 aliphatic rings. The Morgan fingerprint density at radius 1 is 1.46 bits per heavy atom. The summed E-state index contributed by atoms with van der Waals surface area (Å²) in [5.41, 5.74) is 0. The molecule has 0 amide bonds. The predicted molar refractivity (Wildman–Crippen MR) is 54.8 cm³/mol. The Labute approximate surface area is 81.1 Å². The van der Waals surface area contributed by atoms with Gasteiger partial charge in [0.05, 0.1) is 6.10 Å². The zero-order valence-electron chi connectivity index (χ0n) is 8.79. The SMILES string of the molecule is CCNC1CCN(CC(C)O)CC1. The highest BCUT2D eigenvalue weighted by Crippen LogP contribution is 2.10. The summed E-state index contributed by atoms with van der Waals surface area (Å²) in [5, 5.41) is 12.7. The normalized spacial score (nSPS) is 23.3. The lowest BCUT2D eigenvalue weighted by Gasteiger charge is -2.32. The van der Waals surface area contributed by atoms with Crippen LogP contribution in [-0.4, -0.2) is 48.3 Å². The Morgan fingerprint density at radius 3 is 2.54 bits per heavy atom. The maximum Gasteiger partial charge on any atom is 0.0639 e. The van der Waals surface area contributed by atoms with Crippen LogP contribution < -0.4 is 5.32 Å². The van der Waals surface area contributed by atoms with E-state index in [1.807, 2.05) is 6.92 Å². The van der Waals surface area contributed by atoms with Crippen LogP contribution >= 0.6 is 0 Å². The standard InChI is InChI=1S/C10H22N2O/c1-3-11-10-4-6-12(7-5-10)8-9(2)13/h9-11,13H,3-8H2,1-2H3. The number of likely N-dealkylation sites (tertiary alicyclic amines) is 1. The van der Waals surface area contributed by atoms with Crippen molar-refractivity contribution in [3.8, 4) is 0 Å². The van der Waals surface area contributed by atoms with Gasteiger partial charge in [0.25, 0.3) is 0 Å². The van der Waals surface area contributed by atoms with Crippen LogP contribution in [0.4, 0.5) is 0 Å². The molecule has 0 bridgehead atoms. The van der Waals surface area contributed by atoms with E-state index in [1.54, 1.807) is 0 Å². The molecule has 1 aliphatic heterocycles. The van der Waals surface area contributed by atoms with E-state index in [0.717, 1.165) is 26.2 Å². The largest absolute Gasteiger partial charge is 0.392 e. The Balaban J connectivity index is 2.15. The Kier molecular flexibility index (Phi) is 4.70. The maximum absolute atomic E-state index is 9.22. The average molecular weight is 186 g/mol. The van der Waals surface area contributed by atoms with E-state index in [1.165, 1.54) is 12.8 Å². The van der Waals surface area contributed by atoms with Gasteiger partial charge in [-0.15, -0.1) is 0 Å². The molecule has 1 atom stereocenters. The van der Waals surface area contributed by atoms with Crippen LogP contribution in [0, 0.1) is 0 Å². The molecule has 1 saturated heterocycles. The number of nitrogens with one attached hydrogen (secondary N) is 1. The van der Waals surface area contributed by atoms with Crippen LogP contribution in [0.25, 0.3) is 0 Å². The summed E-state index contributed by atoms with van der Waals surface area (Å²) in [5.74, 6) is 0. The smallest absolute Gasteiger partial charge is 0.0639 e. The quantitative estimate of drug-likeness (QED) is 0.669. The van der Waals surface area contributed by atoms with Crippen LogP contribution in [0.1, 0.15) is 26.7 Å². The Morgan fingerprint density at radius 2 is 2.08 bits per heavy atom. The van der Waals surface area contributed by atoms with Crippen molar-refractivity contribution in [2.24, 2.45) is 0 Å². The molecular formula is C10H22N2O. The van der Waals surface area contributed by atoms with Crippen molar-refractivity contribution in [1.29, 1.82) is 0 Å². The van der Waals surface area contributed by atoms with Gasteiger partial charge in [-0.25, -0.2) is 0 Å². The fraction of sp³-hybridized carbons (Fsp3) is 1.00. The van der Waals surface area contributed by atoms with Crippen LogP contribution in [0.5, 0.6) is 0 Å².